The van der Waals surface area contributed by atoms with Crippen LogP contribution in [0.15, 0.2) is 0 Å². The molecule has 0 aromatic heterocycles. The zero-order valence-electron chi connectivity index (χ0n) is 12.3. The Morgan fingerprint density at radius 2 is 1.78 bits per heavy atom. The van der Waals surface area contributed by atoms with Crippen LogP contribution in [0.3, 0.4) is 0 Å². The summed E-state index contributed by atoms with van der Waals surface area (Å²) in [7, 11) is 0. The van der Waals surface area contributed by atoms with Gasteiger partial charge < -0.3 is 15.2 Å². The van der Waals surface area contributed by atoms with Gasteiger partial charge in [-0.3, -0.25) is 0 Å². The summed E-state index contributed by atoms with van der Waals surface area (Å²) in [4.78, 5) is 0. The average Bonchev–Trinajstić information content (AvgIpc) is 2.39. The molecule has 0 aromatic carbocycles. The van der Waals surface area contributed by atoms with Crippen LogP contribution in [0.5, 0.6) is 0 Å². The molecule has 2 N–H and O–H groups in total. The second kappa shape index (κ2) is 8.89. The molecule has 1 rings (SSSR count). The summed E-state index contributed by atoms with van der Waals surface area (Å²) < 4.78 is 5.80. The molecule has 0 aromatic rings. The van der Waals surface area contributed by atoms with Crippen LogP contribution in [-0.4, -0.2) is 36.5 Å². The van der Waals surface area contributed by atoms with Crippen LogP contribution in [0.4, 0.5) is 0 Å². The van der Waals surface area contributed by atoms with Crippen LogP contribution >= 0.6 is 0 Å². The van der Waals surface area contributed by atoms with Crippen molar-refractivity contribution in [3.63, 3.8) is 0 Å². The van der Waals surface area contributed by atoms with Crippen molar-refractivity contribution in [1.29, 1.82) is 0 Å². The third-order valence-corrected chi connectivity index (χ3v) is 4.11. The van der Waals surface area contributed by atoms with Gasteiger partial charge in [0.25, 0.3) is 0 Å². The van der Waals surface area contributed by atoms with E-state index in [2.05, 4.69) is 26.1 Å². The van der Waals surface area contributed by atoms with E-state index in [0.29, 0.717) is 25.3 Å². The molecule has 1 aliphatic rings. The van der Waals surface area contributed by atoms with Crippen molar-refractivity contribution < 1.29 is 9.84 Å². The lowest BCUT2D eigenvalue weighted by molar-refractivity contribution is -0.0284. The topological polar surface area (TPSA) is 41.5 Å². The second-order valence-corrected chi connectivity index (χ2v) is 5.79. The molecule has 0 amide bonds. The van der Waals surface area contributed by atoms with Gasteiger partial charge in [0.15, 0.2) is 0 Å². The van der Waals surface area contributed by atoms with Crippen molar-refractivity contribution in [3.05, 3.63) is 0 Å². The van der Waals surface area contributed by atoms with Gasteiger partial charge in [-0.1, -0.05) is 20.8 Å². The normalized spacial score (nSPS) is 26.5. The van der Waals surface area contributed by atoms with Gasteiger partial charge in [0.2, 0.25) is 0 Å². The number of hydrogen-bond donors (Lipinski definition) is 2. The molecule has 0 spiro atoms. The molecular formula is C15H31NO2. The first kappa shape index (κ1) is 15.9. The molecule has 108 valence electrons. The van der Waals surface area contributed by atoms with Gasteiger partial charge >= 0.3 is 0 Å². The predicted molar refractivity (Wildman–Crippen MR) is 75.8 cm³/mol. The van der Waals surface area contributed by atoms with Gasteiger partial charge in [0.05, 0.1) is 18.8 Å². The van der Waals surface area contributed by atoms with Gasteiger partial charge in [-0.15, -0.1) is 0 Å². The predicted octanol–water partition coefficient (Wildman–Crippen LogP) is 2.72. The zero-order chi connectivity index (χ0) is 13.4. The number of aliphatic hydroxyl groups excluding tert-OH is 1. The Labute approximate surface area is 112 Å². The maximum Gasteiger partial charge on any atom is 0.0897 e. The molecule has 1 fully saturated rings. The smallest absolute Gasteiger partial charge is 0.0897 e. The Morgan fingerprint density at radius 1 is 1.17 bits per heavy atom. The maximum atomic E-state index is 9.88. The summed E-state index contributed by atoms with van der Waals surface area (Å²) >= 11 is 0. The van der Waals surface area contributed by atoms with E-state index < -0.39 is 0 Å². The fraction of sp³-hybridized carbons (Fsp3) is 1.00. The number of aliphatic hydroxyl groups is 1. The summed E-state index contributed by atoms with van der Waals surface area (Å²) in [5.74, 6) is 0.853. The average molecular weight is 257 g/mol. The van der Waals surface area contributed by atoms with Crippen LogP contribution in [-0.2, 0) is 4.74 Å². The molecule has 1 unspecified atom stereocenters. The van der Waals surface area contributed by atoms with E-state index in [-0.39, 0.29) is 6.10 Å². The highest BCUT2D eigenvalue weighted by atomic mass is 16.5. The summed E-state index contributed by atoms with van der Waals surface area (Å²) in [6, 6.07) is 0.523. The minimum absolute atomic E-state index is 0.370. The Balaban J connectivity index is 2.07. The van der Waals surface area contributed by atoms with E-state index in [4.69, 9.17) is 4.74 Å². The molecule has 0 radical (unpaired) electrons. The van der Waals surface area contributed by atoms with Gasteiger partial charge in [0, 0.05) is 12.6 Å². The minimum atomic E-state index is -0.370. The first-order valence-corrected chi connectivity index (χ1v) is 7.68. The Hall–Kier alpha value is -0.120. The van der Waals surface area contributed by atoms with Gasteiger partial charge in [-0.25, -0.2) is 0 Å². The van der Waals surface area contributed by atoms with E-state index in [0.717, 1.165) is 31.6 Å². The van der Waals surface area contributed by atoms with E-state index in [1.165, 1.54) is 12.8 Å². The lowest BCUT2D eigenvalue weighted by atomic mass is 9.89. The fourth-order valence-electron chi connectivity index (χ4n) is 2.58. The van der Waals surface area contributed by atoms with Crippen molar-refractivity contribution in [2.75, 3.05) is 13.2 Å². The summed E-state index contributed by atoms with van der Waals surface area (Å²) in [5, 5.41) is 13.3. The largest absolute Gasteiger partial charge is 0.389 e. The third-order valence-electron chi connectivity index (χ3n) is 4.11. The molecule has 0 aliphatic heterocycles. The summed E-state index contributed by atoms with van der Waals surface area (Å²) in [6.45, 7) is 7.78. The third kappa shape index (κ3) is 6.17. The first-order valence-electron chi connectivity index (χ1n) is 7.68. The van der Waals surface area contributed by atoms with Gasteiger partial charge in [-0.2, -0.15) is 0 Å². The fourth-order valence-corrected chi connectivity index (χ4v) is 2.58. The molecule has 1 aliphatic carbocycles. The minimum Gasteiger partial charge on any atom is -0.389 e. The van der Waals surface area contributed by atoms with Crippen LogP contribution in [0.25, 0.3) is 0 Å². The zero-order valence-corrected chi connectivity index (χ0v) is 12.3. The quantitative estimate of drug-likeness (QED) is 0.702. The van der Waals surface area contributed by atoms with Crippen LogP contribution in [0, 0.1) is 5.92 Å². The molecule has 1 atom stereocenters. The molecule has 3 nitrogen and oxygen atoms in total. The molecule has 0 heterocycles. The molecule has 0 saturated heterocycles. The number of ether oxygens (including phenoxy) is 1. The SMILES string of the molecule is CCC(CC)NCC(O)COC1CCC(C)CC1. The molecular weight excluding hydrogens is 226 g/mol. The highest BCUT2D eigenvalue weighted by Crippen LogP contribution is 2.25. The van der Waals surface area contributed by atoms with Crippen molar-refractivity contribution in [1.82, 2.24) is 5.32 Å². The number of hydrogen-bond acceptors (Lipinski definition) is 3. The standard InChI is InChI=1S/C15H31NO2/c1-4-13(5-2)16-10-14(17)11-18-15-8-6-12(3)7-9-15/h12-17H,4-11H2,1-3H3. The molecule has 3 heteroatoms. The molecule has 18 heavy (non-hydrogen) atoms. The highest BCUT2D eigenvalue weighted by Gasteiger charge is 2.19. The Morgan fingerprint density at radius 3 is 2.33 bits per heavy atom. The Bertz CT molecular complexity index is 199. The van der Waals surface area contributed by atoms with Gasteiger partial charge in [0.1, 0.15) is 0 Å². The van der Waals surface area contributed by atoms with E-state index in [1.54, 1.807) is 0 Å². The lowest BCUT2D eigenvalue weighted by Crippen LogP contribution is -2.37. The van der Waals surface area contributed by atoms with Crippen molar-refractivity contribution >= 4 is 0 Å². The number of nitrogens with one attached hydrogen (secondary N) is 1. The van der Waals surface area contributed by atoms with Crippen LogP contribution in [0.2, 0.25) is 0 Å². The summed E-state index contributed by atoms with van der Waals surface area (Å²) in [5.41, 5.74) is 0. The maximum absolute atomic E-state index is 9.88. The van der Waals surface area contributed by atoms with Crippen molar-refractivity contribution in [3.8, 4) is 0 Å². The van der Waals surface area contributed by atoms with E-state index >= 15 is 0 Å². The van der Waals surface area contributed by atoms with Crippen molar-refractivity contribution in [2.24, 2.45) is 5.92 Å². The van der Waals surface area contributed by atoms with Gasteiger partial charge in [-0.05, 0) is 44.4 Å². The highest BCUT2D eigenvalue weighted by molar-refractivity contribution is 4.71. The van der Waals surface area contributed by atoms with E-state index in [1.807, 2.05) is 0 Å². The monoisotopic (exact) mass is 257 g/mol. The summed E-state index contributed by atoms with van der Waals surface area (Å²) in [6.07, 6.45) is 7.10. The van der Waals surface area contributed by atoms with E-state index in [9.17, 15) is 5.11 Å². The molecule has 1 saturated carbocycles. The lowest BCUT2D eigenvalue weighted by Gasteiger charge is -2.27. The first-order chi connectivity index (χ1) is 8.65. The van der Waals surface area contributed by atoms with Crippen molar-refractivity contribution in [2.45, 2.75) is 77.5 Å². The second-order valence-electron chi connectivity index (χ2n) is 5.79. The number of rotatable bonds is 8. The van der Waals surface area contributed by atoms with Crippen LogP contribution < -0.4 is 5.32 Å². The Kier molecular flexibility index (Phi) is 7.87. The molecule has 0 bridgehead atoms. The van der Waals surface area contributed by atoms with Crippen LogP contribution in [0.1, 0.15) is 59.3 Å².